The van der Waals surface area contributed by atoms with Crippen LogP contribution in [0.5, 0.6) is 0 Å². The third kappa shape index (κ3) is 3.83. The van der Waals surface area contributed by atoms with Crippen LogP contribution in [0.3, 0.4) is 0 Å². The summed E-state index contributed by atoms with van der Waals surface area (Å²) in [6.45, 7) is 6.43. The molecule has 0 aliphatic carbocycles. The molecular formula is C19H31N7. The van der Waals surface area contributed by atoms with E-state index in [0.717, 1.165) is 43.7 Å². The van der Waals surface area contributed by atoms with Crippen LogP contribution in [0, 0.1) is 0 Å². The zero-order valence-electron chi connectivity index (χ0n) is 16.1. The lowest BCUT2D eigenvalue weighted by Crippen LogP contribution is -2.35. The lowest BCUT2D eigenvalue weighted by molar-refractivity contribution is 0.188. The first-order valence-electron chi connectivity index (χ1n) is 10.00. The van der Waals surface area contributed by atoms with Gasteiger partial charge in [-0.05, 0) is 45.3 Å². The molecule has 4 rings (SSSR count). The minimum atomic E-state index is 0.469. The van der Waals surface area contributed by atoms with Gasteiger partial charge in [0.1, 0.15) is 17.5 Å². The second kappa shape index (κ2) is 7.88. The lowest BCUT2D eigenvalue weighted by atomic mass is 9.97. The predicted molar refractivity (Wildman–Crippen MR) is 101 cm³/mol. The van der Waals surface area contributed by atoms with Gasteiger partial charge >= 0.3 is 0 Å². The topological polar surface area (TPSA) is 55.0 Å². The van der Waals surface area contributed by atoms with Crippen LogP contribution in [0.15, 0.2) is 12.4 Å². The van der Waals surface area contributed by atoms with Crippen LogP contribution in [-0.2, 0) is 27.2 Å². The molecule has 2 aromatic heterocycles. The van der Waals surface area contributed by atoms with Gasteiger partial charge in [0.15, 0.2) is 0 Å². The van der Waals surface area contributed by atoms with Crippen molar-refractivity contribution in [1.82, 2.24) is 34.1 Å². The second-order valence-corrected chi connectivity index (χ2v) is 7.90. The predicted octanol–water partition coefficient (Wildman–Crippen LogP) is 1.91. The van der Waals surface area contributed by atoms with Gasteiger partial charge in [-0.3, -0.25) is 9.80 Å². The molecule has 0 radical (unpaired) electrons. The first-order valence-corrected chi connectivity index (χ1v) is 10.00. The van der Waals surface area contributed by atoms with E-state index in [0.29, 0.717) is 5.92 Å². The van der Waals surface area contributed by atoms with Gasteiger partial charge in [0.05, 0.1) is 13.1 Å². The summed E-state index contributed by atoms with van der Waals surface area (Å²) in [6.07, 6.45) is 10.3. The smallest absolute Gasteiger partial charge is 0.146 e. The number of piperidine rings is 2. The molecule has 26 heavy (non-hydrogen) atoms. The van der Waals surface area contributed by atoms with E-state index in [1.165, 1.54) is 45.2 Å². The van der Waals surface area contributed by atoms with E-state index >= 15 is 0 Å². The first kappa shape index (κ1) is 17.7. The summed E-state index contributed by atoms with van der Waals surface area (Å²) < 4.78 is 4.37. The van der Waals surface area contributed by atoms with Crippen molar-refractivity contribution in [3.8, 4) is 0 Å². The summed E-state index contributed by atoms with van der Waals surface area (Å²) in [4.78, 5) is 9.51. The van der Waals surface area contributed by atoms with Crippen molar-refractivity contribution in [2.45, 2.75) is 51.1 Å². The van der Waals surface area contributed by atoms with E-state index in [2.05, 4.69) is 48.2 Å². The zero-order valence-corrected chi connectivity index (χ0v) is 16.1. The maximum absolute atomic E-state index is 4.59. The minimum Gasteiger partial charge on any atom is -0.337 e. The van der Waals surface area contributed by atoms with Crippen LogP contribution in [-0.4, -0.2) is 60.3 Å². The zero-order chi connectivity index (χ0) is 17.9. The van der Waals surface area contributed by atoms with Crippen molar-refractivity contribution in [2.75, 3.05) is 26.2 Å². The monoisotopic (exact) mass is 357 g/mol. The highest BCUT2D eigenvalue weighted by atomic mass is 15.3. The number of hydrogen-bond acceptors (Lipinski definition) is 5. The van der Waals surface area contributed by atoms with E-state index in [1.54, 1.807) is 0 Å². The van der Waals surface area contributed by atoms with Gasteiger partial charge in [-0.15, -0.1) is 10.2 Å². The Balaban J connectivity index is 1.41. The Kier molecular flexibility index (Phi) is 5.36. The average Bonchev–Trinajstić information content (AvgIpc) is 3.22. The second-order valence-electron chi connectivity index (χ2n) is 7.90. The fourth-order valence-electron chi connectivity index (χ4n) is 4.34. The molecular weight excluding hydrogens is 326 g/mol. The fourth-order valence-corrected chi connectivity index (χ4v) is 4.34. The highest BCUT2D eigenvalue weighted by Crippen LogP contribution is 2.27. The summed E-state index contributed by atoms with van der Waals surface area (Å²) in [7, 11) is 4.21. The molecule has 2 saturated heterocycles. The molecule has 0 amide bonds. The van der Waals surface area contributed by atoms with Crippen molar-refractivity contribution < 1.29 is 0 Å². The van der Waals surface area contributed by atoms with Gasteiger partial charge < -0.3 is 9.13 Å². The number of rotatable bonds is 5. The molecule has 7 heteroatoms. The van der Waals surface area contributed by atoms with Crippen molar-refractivity contribution in [3.63, 3.8) is 0 Å². The Morgan fingerprint density at radius 2 is 1.69 bits per heavy atom. The van der Waals surface area contributed by atoms with Gasteiger partial charge in [0.2, 0.25) is 0 Å². The average molecular weight is 358 g/mol. The highest BCUT2D eigenvalue weighted by Gasteiger charge is 2.27. The largest absolute Gasteiger partial charge is 0.337 e. The van der Waals surface area contributed by atoms with Crippen molar-refractivity contribution in [1.29, 1.82) is 0 Å². The molecule has 0 unspecified atom stereocenters. The Labute approximate surface area is 156 Å². The Morgan fingerprint density at radius 3 is 2.46 bits per heavy atom. The van der Waals surface area contributed by atoms with Gasteiger partial charge in [0.25, 0.3) is 0 Å². The Hall–Kier alpha value is -1.73. The number of hydrogen-bond donors (Lipinski definition) is 0. The third-order valence-electron chi connectivity index (χ3n) is 5.97. The molecule has 0 aromatic carbocycles. The van der Waals surface area contributed by atoms with Crippen LogP contribution in [0.25, 0.3) is 0 Å². The van der Waals surface area contributed by atoms with E-state index in [9.17, 15) is 0 Å². The molecule has 2 aliphatic heterocycles. The maximum Gasteiger partial charge on any atom is 0.146 e. The van der Waals surface area contributed by atoms with Crippen LogP contribution in [0.4, 0.5) is 0 Å². The van der Waals surface area contributed by atoms with Crippen molar-refractivity contribution in [3.05, 3.63) is 29.9 Å². The Morgan fingerprint density at radius 1 is 0.923 bits per heavy atom. The van der Waals surface area contributed by atoms with Crippen LogP contribution < -0.4 is 0 Å². The highest BCUT2D eigenvalue weighted by molar-refractivity contribution is 5.05. The van der Waals surface area contributed by atoms with Gasteiger partial charge in [-0.2, -0.15) is 0 Å². The van der Waals surface area contributed by atoms with Gasteiger partial charge in [-0.1, -0.05) is 6.42 Å². The normalized spacial score (nSPS) is 22.8. The molecule has 2 aromatic rings. The number of aryl methyl sites for hydroxylation is 1. The quantitative estimate of drug-likeness (QED) is 0.818. The van der Waals surface area contributed by atoms with Crippen LogP contribution in [0.1, 0.15) is 55.5 Å². The standard InChI is InChI=1S/C19H31N7/c1-23-12-8-20-17(23)14-26-11-6-7-16(13-26)19-22-21-18(24(19)2)15-25-9-4-3-5-10-25/h8,12,16H,3-7,9-11,13-15H2,1-2H3/t16-/m1/s1. The lowest BCUT2D eigenvalue weighted by Gasteiger charge is -2.32. The molecule has 0 N–H and O–H groups in total. The SMILES string of the molecule is Cn1ccnc1CN1CCC[C@@H](c2nnc(CN3CCCCC3)n2C)C1. The van der Waals surface area contributed by atoms with Gasteiger partial charge in [0, 0.05) is 39.0 Å². The third-order valence-corrected chi connectivity index (χ3v) is 5.97. The van der Waals surface area contributed by atoms with Crippen molar-refractivity contribution >= 4 is 0 Å². The van der Waals surface area contributed by atoms with E-state index in [1.807, 2.05) is 12.4 Å². The van der Waals surface area contributed by atoms with E-state index in [-0.39, 0.29) is 0 Å². The minimum absolute atomic E-state index is 0.469. The molecule has 7 nitrogen and oxygen atoms in total. The van der Waals surface area contributed by atoms with Crippen molar-refractivity contribution in [2.24, 2.45) is 14.1 Å². The molecule has 4 heterocycles. The number of imidazole rings is 1. The maximum atomic E-state index is 4.59. The number of nitrogens with zero attached hydrogens (tertiary/aromatic N) is 7. The molecule has 142 valence electrons. The molecule has 2 aliphatic rings. The van der Waals surface area contributed by atoms with E-state index < -0.39 is 0 Å². The summed E-state index contributed by atoms with van der Waals surface area (Å²) in [5.41, 5.74) is 0. The Bertz CT molecular complexity index is 713. The molecule has 2 fully saturated rings. The number of aromatic nitrogens is 5. The van der Waals surface area contributed by atoms with E-state index in [4.69, 9.17) is 0 Å². The number of likely N-dealkylation sites (tertiary alicyclic amines) is 2. The summed E-state index contributed by atoms with van der Waals surface area (Å²) in [6, 6.07) is 0. The molecule has 0 bridgehead atoms. The first-order chi connectivity index (χ1) is 12.7. The molecule has 0 spiro atoms. The van der Waals surface area contributed by atoms with Gasteiger partial charge in [-0.25, -0.2) is 4.98 Å². The molecule has 1 atom stereocenters. The van der Waals surface area contributed by atoms with Crippen LogP contribution in [0.2, 0.25) is 0 Å². The summed E-state index contributed by atoms with van der Waals surface area (Å²) >= 11 is 0. The summed E-state index contributed by atoms with van der Waals surface area (Å²) in [5.74, 6) is 3.87. The fraction of sp³-hybridized carbons (Fsp3) is 0.737. The van der Waals surface area contributed by atoms with Crippen LogP contribution >= 0.6 is 0 Å². The molecule has 0 saturated carbocycles. The summed E-state index contributed by atoms with van der Waals surface area (Å²) in [5, 5.41) is 9.13.